The van der Waals surface area contributed by atoms with Crippen molar-refractivity contribution >= 4 is 28.5 Å². The molecule has 0 saturated carbocycles. The van der Waals surface area contributed by atoms with E-state index in [4.69, 9.17) is 9.47 Å². The van der Waals surface area contributed by atoms with Gasteiger partial charge in [0.05, 0.1) is 26.3 Å². The SMILES string of the molecule is COc1cc(I)c(C(=O)NCc2ccc(Cn3cccn3)cc2)cc1OC. The summed E-state index contributed by atoms with van der Waals surface area (Å²) in [6, 6.07) is 13.5. The summed E-state index contributed by atoms with van der Waals surface area (Å²) in [5.74, 6) is 0.984. The van der Waals surface area contributed by atoms with Gasteiger partial charge in [-0.2, -0.15) is 5.10 Å². The maximum atomic E-state index is 12.6. The van der Waals surface area contributed by atoms with Crippen LogP contribution >= 0.6 is 22.6 Å². The summed E-state index contributed by atoms with van der Waals surface area (Å²) in [4.78, 5) is 12.6. The molecular formula is C20H20IN3O3. The number of hydrogen-bond acceptors (Lipinski definition) is 4. The van der Waals surface area contributed by atoms with E-state index in [1.54, 1.807) is 32.5 Å². The fourth-order valence-electron chi connectivity index (χ4n) is 2.65. The van der Waals surface area contributed by atoms with Crippen LogP contribution in [-0.4, -0.2) is 29.9 Å². The summed E-state index contributed by atoms with van der Waals surface area (Å²) in [5.41, 5.74) is 2.75. The minimum atomic E-state index is -0.152. The third kappa shape index (κ3) is 4.79. The Hall–Kier alpha value is -2.55. The maximum absolute atomic E-state index is 12.6. The van der Waals surface area contributed by atoms with Crippen LogP contribution in [0.5, 0.6) is 11.5 Å². The molecule has 1 heterocycles. The van der Waals surface area contributed by atoms with E-state index in [1.807, 2.05) is 41.2 Å². The zero-order chi connectivity index (χ0) is 19.2. The van der Waals surface area contributed by atoms with Gasteiger partial charge in [-0.05, 0) is 51.9 Å². The normalized spacial score (nSPS) is 10.5. The average Bonchev–Trinajstić information content (AvgIpc) is 3.20. The Morgan fingerprint density at radius 1 is 1.11 bits per heavy atom. The van der Waals surface area contributed by atoms with Crippen molar-refractivity contribution in [2.75, 3.05) is 14.2 Å². The molecule has 0 aliphatic heterocycles. The van der Waals surface area contributed by atoms with Crippen molar-refractivity contribution in [3.63, 3.8) is 0 Å². The molecule has 0 spiro atoms. The van der Waals surface area contributed by atoms with Crippen LogP contribution in [0.2, 0.25) is 0 Å². The van der Waals surface area contributed by atoms with Gasteiger partial charge in [0.1, 0.15) is 0 Å². The summed E-state index contributed by atoms with van der Waals surface area (Å²) < 4.78 is 13.2. The first-order chi connectivity index (χ1) is 13.1. The number of amides is 1. The van der Waals surface area contributed by atoms with Gasteiger partial charge >= 0.3 is 0 Å². The number of halogens is 1. The Labute approximate surface area is 171 Å². The minimum Gasteiger partial charge on any atom is -0.493 e. The highest BCUT2D eigenvalue weighted by Gasteiger charge is 2.15. The molecule has 1 N–H and O–H groups in total. The Morgan fingerprint density at radius 3 is 2.41 bits per heavy atom. The highest BCUT2D eigenvalue weighted by atomic mass is 127. The Morgan fingerprint density at radius 2 is 1.78 bits per heavy atom. The smallest absolute Gasteiger partial charge is 0.252 e. The Kier molecular flexibility index (Phi) is 6.33. The van der Waals surface area contributed by atoms with Crippen LogP contribution in [0.15, 0.2) is 54.9 Å². The molecule has 0 bridgehead atoms. The summed E-state index contributed by atoms with van der Waals surface area (Å²) in [5, 5.41) is 7.15. The number of hydrogen-bond donors (Lipinski definition) is 1. The van der Waals surface area contributed by atoms with Crippen molar-refractivity contribution in [1.29, 1.82) is 0 Å². The summed E-state index contributed by atoms with van der Waals surface area (Å²) in [6.07, 6.45) is 3.69. The van der Waals surface area contributed by atoms with Crippen LogP contribution in [0.4, 0.5) is 0 Å². The van der Waals surface area contributed by atoms with Gasteiger partial charge in [0.2, 0.25) is 0 Å². The number of rotatable bonds is 7. The van der Waals surface area contributed by atoms with Gasteiger partial charge in [-0.3, -0.25) is 9.48 Å². The molecule has 3 rings (SSSR count). The number of carbonyl (C=O) groups excluding carboxylic acids is 1. The Bertz CT molecular complexity index is 909. The predicted molar refractivity (Wildman–Crippen MR) is 111 cm³/mol. The van der Waals surface area contributed by atoms with E-state index in [1.165, 1.54) is 0 Å². The predicted octanol–water partition coefficient (Wildman–Crippen LogP) is 3.48. The van der Waals surface area contributed by atoms with E-state index in [0.29, 0.717) is 23.6 Å². The highest BCUT2D eigenvalue weighted by Crippen LogP contribution is 2.31. The van der Waals surface area contributed by atoms with Crippen LogP contribution in [-0.2, 0) is 13.1 Å². The number of aromatic nitrogens is 2. The lowest BCUT2D eigenvalue weighted by molar-refractivity contribution is 0.0949. The molecule has 7 heteroatoms. The van der Waals surface area contributed by atoms with E-state index >= 15 is 0 Å². The largest absolute Gasteiger partial charge is 0.493 e. The zero-order valence-electron chi connectivity index (χ0n) is 15.1. The number of methoxy groups -OCH3 is 2. The van der Waals surface area contributed by atoms with Gasteiger partial charge in [0.15, 0.2) is 11.5 Å². The molecule has 0 unspecified atom stereocenters. The molecule has 1 amide bonds. The number of nitrogens with zero attached hydrogens (tertiary/aromatic N) is 2. The number of carbonyl (C=O) groups is 1. The molecule has 0 aliphatic carbocycles. The number of benzene rings is 2. The second kappa shape index (κ2) is 8.90. The standard InChI is InChI=1S/C20H20IN3O3/c1-26-18-10-16(17(21)11-19(18)27-2)20(25)22-12-14-4-6-15(7-5-14)13-24-9-3-8-23-24/h3-11H,12-13H2,1-2H3,(H,22,25). The van der Waals surface area contributed by atoms with Crippen molar-refractivity contribution in [3.8, 4) is 11.5 Å². The average molecular weight is 477 g/mol. The molecule has 6 nitrogen and oxygen atoms in total. The van der Waals surface area contributed by atoms with E-state index < -0.39 is 0 Å². The minimum absolute atomic E-state index is 0.152. The monoisotopic (exact) mass is 477 g/mol. The number of ether oxygens (including phenoxy) is 2. The molecule has 0 saturated heterocycles. The van der Waals surface area contributed by atoms with Gasteiger partial charge in [-0.1, -0.05) is 24.3 Å². The van der Waals surface area contributed by atoms with Crippen molar-refractivity contribution in [3.05, 3.63) is 75.1 Å². The molecule has 2 aromatic carbocycles. The molecule has 1 aromatic heterocycles. The topological polar surface area (TPSA) is 65.4 Å². The first kappa shape index (κ1) is 19.2. The Balaban J connectivity index is 1.63. The third-order valence-corrected chi connectivity index (χ3v) is 4.99. The molecule has 27 heavy (non-hydrogen) atoms. The molecule has 140 valence electrons. The van der Waals surface area contributed by atoms with Crippen molar-refractivity contribution in [2.45, 2.75) is 13.1 Å². The van der Waals surface area contributed by atoms with Crippen molar-refractivity contribution in [2.24, 2.45) is 0 Å². The molecule has 0 aliphatic rings. The first-order valence-corrected chi connectivity index (χ1v) is 9.43. The van der Waals surface area contributed by atoms with E-state index in [2.05, 4.69) is 33.0 Å². The molecular weight excluding hydrogens is 457 g/mol. The lowest BCUT2D eigenvalue weighted by atomic mass is 10.1. The van der Waals surface area contributed by atoms with E-state index in [-0.39, 0.29) is 5.91 Å². The highest BCUT2D eigenvalue weighted by molar-refractivity contribution is 14.1. The van der Waals surface area contributed by atoms with Crippen molar-refractivity contribution < 1.29 is 14.3 Å². The van der Waals surface area contributed by atoms with Crippen LogP contribution in [0, 0.1) is 3.57 Å². The van der Waals surface area contributed by atoms with E-state index in [0.717, 1.165) is 21.2 Å². The zero-order valence-corrected chi connectivity index (χ0v) is 17.3. The quantitative estimate of drug-likeness (QED) is 0.530. The van der Waals surface area contributed by atoms with Crippen LogP contribution < -0.4 is 14.8 Å². The molecule has 3 aromatic rings. The second-order valence-corrected chi connectivity index (χ2v) is 7.05. The summed E-state index contributed by atoms with van der Waals surface area (Å²) >= 11 is 2.12. The second-order valence-electron chi connectivity index (χ2n) is 5.89. The van der Waals surface area contributed by atoms with Crippen molar-refractivity contribution in [1.82, 2.24) is 15.1 Å². The molecule has 0 atom stereocenters. The van der Waals surface area contributed by atoms with Crippen LogP contribution in [0.3, 0.4) is 0 Å². The molecule has 0 radical (unpaired) electrons. The lowest BCUT2D eigenvalue weighted by Crippen LogP contribution is -2.23. The van der Waals surface area contributed by atoms with Gasteiger partial charge in [-0.15, -0.1) is 0 Å². The third-order valence-electron chi connectivity index (χ3n) is 4.10. The van der Waals surface area contributed by atoms with Crippen LogP contribution in [0.1, 0.15) is 21.5 Å². The fourth-order valence-corrected chi connectivity index (χ4v) is 3.33. The first-order valence-electron chi connectivity index (χ1n) is 8.35. The summed E-state index contributed by atoms with van der Waals surface area (Å²) in [7, 11) is 3.13. The number of nitrogens with one attached hydrogen (secondary N) is 1. The van der Waals surface area contributed by atoms with E-state index in [9.17, 15) is 4.79 Å². The van der Waals surface area contributed by atoms with Crippen LogP contribution in [0.25, 0.3) is 0 Å². The van der Waals surface area contributed by atoms with Gasteiger partial charge < -0.3 is 14.8 Å². The maximum Gasteiger partial charge on any atom is 0.252 e. The van der Waals surface area contributed by atoms with Gasteiger partial charge in [0.25, 0.3) is 5.91 Å². The summed E-state index contributed by atoms with van der Waals surface area (Å²) in [6.45, 7) is 1.18. The lowest BCUT2D eigenvalue weighted by Gasteiger charge is -2.12. The fraction of sp³-hybridized carbons (Fsp3) is 0.200. The van der Waals surface area contributed by atoms with Gasteiger partial charge in [0, 0.05) is 22.5 Å². The van der Waals surface area contributed by atoms with Gasteiger partial charge in [-0.25, -0.2) is 0 Å². The molecule has 0 fully saturated rings.